The smallest absolute Gasteiger partial charge is 0.359 e. The first-order valence-electron chi connectivity index (χ1n) is 2.59. The maximum absolute atomic E-state index is 10.9. The van der Waals surface area contributed by atoms with Crippen molar-refractivity contribution in [1.82, 2.24) is 5.43 Å². The molecule has 1 aliphatic rings. The van der Waals surface area contributed by atoms with Gasteiger partial charge in [-0.1, -0.05) is 0 Å². The molecule has 0 saturated heterocycles. The Hall–Kier alpha value is -0.360. The number of rotatable bonds is 1. The lowest BCUT2D eigenvalue weighted by atomic mass is 10.4. The normalized spacial score (nSPS) is 16.1. The van der Waals surface area contributed by atoms with Gasteiger partial charge < -0.3 is 4.74 Å². The minimum absolute atomic E-state index is 0.180. The number of allylic oxidation sites excluding steroid dienone is 1. The van der Waals surface area contributed by atoms with Gasteiger partial charge in [-0.2, -0.15) is 0 Å². The summed E-state index contributed by atoms with van der Waals surface area (Å²) in [4.78, 5) is 10.9. The largest absolute Gasteiger partial charge is 0.464 e. The van der Waals surface area contributed by atoms with Crippen LogP contribution in [-0.4, -0.2) is 17.7 Å². The number of methoxy groups -OCH3 is 1. The van der Waals surface area contributed by atoms with Gasteiger partial charge in [0.1, 0.15) is 4.62 Å². The van der Waals surface area contributed by atoms with E-state index in [4.69, 9.17) is 0 Å². The summed E-state index contributed by atoms with van der Waals surface area (Å²) in [6.07, 6.45) is 0. The molecule has 6 heteroatoms. The third-order valence-electron chi connectivity index (χ3n) is 1.01. The van der Waals surface area contributed by atoms with E-state index in [0.29, 0.717) is 9.10 Å². The molecule has 4 nitrogen and oxygen atoms in total. The summed E-state index contributed by atoms with van der Waals surface area (Å²) in [5, 5.41) is 3.60. The van der Waals surface area contributed by atoms with Crippen LogP contribution < -0.4 is 5.43 Å². The molecule has 0 spiro atoms. The molecule has 0 aromatic heterocycles. The summed E-state index contributed by atoms with van der Waals surface area (Å²) in [5.74, 6) is -0.505. The molecule has 0 unspecified atom stereocenters. The molecule has 0 aromatic carbocycles. The van der Waals surface area contributed by atoms with Crippen LogP contribution in [0.5, 0.6) is 0 Å². The van der Waals surface area contributed by atoms with E-state index < -0.39 is 5.97 Å². The lowest BCUT2D eigenvalue weighted by Crippen LogP contribution is -2.09. The molecule has 0 fully saturated rings. The predicted octanol–water partition coefficient (Wildman–Crippen LogP) is 1.09. The third kappa shape index (κ3) is 1.62. The first-order valence-corrected chi connectivity index (χ1v) is 4.18. The Kier molecular flexibility index (Phi) is 2.67. The van der Waals surface area contributed by atoms with Crippen molar-refractivity contribution in [2.24, 2.45) is 5.10 Å². The maximum Gasteiger partial charge on any atom is 0.359 e. The molecule has 1 radical (unpaired) electrons. The zero-order chi connectivity index (χ0) is 8.43. The van der Waals surface area contributed by atoms with Crippen molar-refractivity contribution >= 4 is 42.5 Å². The van der Waals surface area contributed by atoms with Crippen LogP contribution in [0.3, 0.4) is 0 Å². The van der Waals surface area contributed by atoms with Crippen LogP contribution in [0.1, 0.15) is 0 Å². The van der Waals surface area contributed by atoms with Crippen LogP contribution in [-0.2, 0) is 9.53 Å². The Labute approximate surface area is 79.9 Å². The first kappa shape index (κ1) is 8.73. The average Bonchev–Trinajstić information content (AvgIpc) is 2.32. The standard InChI is InChI=1S/C5H3Br2N2O2/c1-11-5(10)3-2(6)4(7)9-8-3/h1H3. The van der Waals surface area contributed by atoms with Crippen LogP contribution in [0.15, 0.2) is 15.3 Å². The van der Waals surface area contributed by atoms with Crippen molar-refractivity contribution in [3.8, 4) is 0 Å². The molecule has 0 saturated carbocycles. The van der Waals surface area contributed by atoms with Crippen molar-refractivity contribution in [2.45, 2.75) is 0 Å². The number of hydrogen-bond donors (Lipinski definition) is 0. The lowest BCUT2D eigenvalue weighted by molar-refractivity contribution is -0.136. The average molecular weight is 283 g/mol. The molecular formula is C5H3Br2N2O2. The third-order valence-corrected chi connectivity index (χ3v) is 2.84. The summed E-state index contributed by atoms with van der Waals surface area (Å²) >= 11 is 6.20. The van der Waals surface area contributed by atoms with Crippen LogP contribution in [0.4, 0.5) is 0 Å². The monoisotopic (exact) mass is 281 g/mol. The predicted molar refractivity (Wildman–Crippen MR) is 46.5 cm³/mol. The number of nitrogens with zero attached hydrogens (tertiary/aromatic N) is 2. The van der Waals surface area contributed by atoms with Crippen molar-refractivity contribution in [3.05, 3.63) is 10.2 Å². The van der Waals surface area contributed by atoms with Gasteiger partial charge >= 0.3 is 5.97 Å². The number of hydrogen-bond acceptors (Lipinski definition) is 3. The van der Waals surface area contributed by atoms with Gasteiger partial charge in [-0.25, -0.2) is 4.79 Å². The number of carbonyl (C=O) groups is 1. The lowest BCUT2D eigenvalue weighted by Gasteiger charge is -1.95. The molecule has 0 aliphatic carbocycles. The summed E-state index contributed by atoms with van der Waals surface area (Å²) in [5.41, 5.74) is 3.75. The molecule has 1 rings (SSSR count). The van der Waals surface area contributed by atoms with Gasteiger partial charge in [-0.3, -0.25) is 0 Å². The minimum Gasteiger partial charge on any atom is -0.464 e. The first-order chi connectivity index (χ1) is 5.16. The highest BCUT2D eigenvalue weighted by atomic mass is 79.9. The van der Waals surface area contributed by atoms with E-state index in [1.54, 1.807) is 0 Å². The Morgan fingerprint density at radius 2 is 2.18 bits per heavy atom. The second-order valence-electron chi connectivity index (χ2n) is 1.64. The summed E-state index contributed by atoms with van der Waals surface area (Å²) in [6.45, 7) is 0. The van der Waals surface area contributed by atoms with Crippen molar-refractivity contribution < 1.29 is 9.53 Å². The Morgan fingerprint density at radius 1 is 1.55 bits per heavy atom. The van der Waals surface area contributed by atoms with Gasteiger partial charge in [0.25, 0.3) is 0 Å². The SMILES string of the molecule is COC(=O)C1=C(Br)C(Br)=N[N]1. The molecule has 0 N–H and O–H groups in total. The quantitative estimate of drug-likeness (QED) is 0.676. The summed E-state index contributed by atoms with van der Waals surface area (Å²) in [6, 6.07) is 0. The second-order valence-corrected chi connectivity index (χ2v) is 3.19. The van der Waals surface area contributed by atoms with Gasteiger partial charge in [-0.15, -0.1) is 10.5 Å². The highest BCUT2D eigenvalue weighted by Crippen LogP contribution is 2.22. The Morgan fingerprint density at radius 3 is 2.55 bits per heavy atom. The number of esters is 1. The van der Waals surface area contributed by atoms with E-state index in [1.807, 2.05) is 0 Å². The van der Waals surface area contributed by atoms with Crippen LogP contribution >= 0.6 is 31.9 Å². The molecule has 1 heterocycles. The highest BCUT2D eigenvalue weighted by molar-refractivity contribution is 9.20. The fraction of sp³-hybridized carbons (Fsp3) is 0.200. The number of carbonyl (C=O) groups excluding carboxylic acids is 1. The fourth-order valence-electron chi connectivity index (χ4n) is 0.507. The molecule has 0 aromatic rings. The summed E-state index contributed by atoms with van der Waals surface area (Å²) in [7, 11) is 1.29. The van der Waals surface area contributed by atoms with Crippen LogP contribution in [0, 0.1) is 0 Å². The minimum atomic E-state index is -0.505. The van der Waals surface area contributed by atoms with Gasteiger partial charge in [-0.05, 0) is 31.9 Å². The molecule has 0 bridgehead atoms. The van der Waals surface area contributed by atoms with Crippen molar-refractivity contribution in [1.29, 1.82) is 0 Å². The number of halogens is 2. The van der Waals surface area contributed by atoms with Crippen LogP contribution in [0.2, 0.25) is 0 Å². The zero-order valence-electron chi connectivity index (χ0n) is 5.47. The molecule has 0 amide bonds. The Bertz CT molecular complexity index is 259. The zero-order valence-corrected chi connectivity index (χ0v) is 8.64. The van der Waals surface area contributed by atoms with E-state index in [9.17, 15) is 4.79 Å². The van der Waals surface area contributed by atoms with Gasteiger partial charge in [0.15, 0.2) is 5.70 Å². The van der Waals surface area contributed by atoms with Gasteiger partial charge in [0.2, 0.25) is 0 Å². The van der Waals surface area contributed by atoms with E-state index in [0.717, 1.165) is 0 Å². The topological polar surface area (TPSA) is 52.8 Å². The highest BCUT2D eigenvalue weighted by Gasteiger charge is 2.23. The molecule has 0 atom stereocenters. The van der Waals surface area contributed by atoms with Gasteiger partial charge in [0.05, 0.1) is 11.6 Å². The van der Waals surface area contributed by atoms with Crippen molar-refractivity contribution in [2.75, 3.05) is 7.11 Å². The molecular weight excluding hydrogens is 280 g/mol. The van der Waals surface area contributed by atoms with Crippen molar-refractivity contribution in [3.63, 3.8) is 0 Å². The van der Waals surface area contributed by atoms with Crippen LogP contribution in [0.25, 0.3) is 0 Å². The van der Waals surface area contributed by atoms with E-state index in [-0.39, 0.29) is 5.70 Å². The van der Waals surface area contributed by atoms with E-state index in [1.165, 1.54) is 7.11 Å². The Balaban J connectivity index is 2.86. The molecule has 11 heavy (non-hydrogen) atoms. The van der Waals surface area contributed by atoms with E-state index in [2.05, 4.69) is 47.1 Å². The second kappa shape index (κ2) is 3.36. The van der Waals surface area contributed by atoms with E-state index >= 15 is 0 Å². The number of ether oxygens (including phenoxy) is 1. The van der Waals surface area contributed by atoms with Gasteiger partial charge in [0, 0.05) is 0 Å². The molecule has 59 valence electrons. The molecule has 1 aliphatic heterocycles. The fourth-order valence-corrected chi connectivity index (χ4v) is 1.09. The maximum atomic E-state index is 10.9. The summed E-state index contributed by atoms with van der Waals surface area (Å²) < 4.78 is 5.45.